The number of rotatable bonds is 7. The zero-order valence-electron chi connectivity index (χ0n) is 15.2. The standard InChI is InChI=1S/C19H32O3/c1-8-12(2)9-13(3)10-14(4)11-15(5)17-16(6)18(20)19(7,21)22-17/h11-14,21H,8-10H2,1-7H3/b15-11+/t12-,13+,14-,19+/m0/s1. The first kappa shape index (κ1) is 19.0. The van der Waals surface area contributed by atoms with Gasteiger partial charge in [-0.2, -0.15) is 0 Å². The molecule has 22 heavy (non-hydrogen) atoms. The Morgan fingerprint density at radius 2 is 1.86 bits per heavy atom. The Morgan fingerprint density at radius 3 is 2.32 bits per heavy atom. The van der Waals surface area contributed by atoms with Crippen molar-refractivity contribution in [3.05, 3.63) is 23.0 Å². The number of ether oxygens (including phenoxy) is 1. The molecule has 0 radical (unpaired) electrons. The van der Waals surface area contributed by atoms with Crippen molar-refractivity contribution in [1.82, 2.24) is 0 Å². The van der Waals surface area contributed by atoms with Crippen LogP contribution in [0.15, 0.2) is 23.0 Å². The molecule has 0 saturated carbocycles. The van der Waals surface area contributed by atoms with Gasteiger partial charge in [-0.1, -0.05) is 40.2 Å². The van der Waals surface area contributed by atoms with Crippen LogP contribution in [0.4, 0.5) is 0 Å². The van der Waals surface area contributed by atoms with Crippen LogP contribution in [0.5, 0.6) is 0 Å². The summed E-state index contributed by atoms with van der Waals surface area (Å²) in [6.07, 6.45) is 5.75. The molecule has 4 atom stereocenters. The first-order valence-corrected chi connectivity index (χ1v) is 8.44. The van der Waals surface area contributed by atoms with Gasteiger partial charge >= 0.3 is 0 Å². The number of hydrogen-bond donors (Lipinski definition) is 1. The molecule has 1 N–H and O–H groups in total. The van der Waals surface area contributed by atoms with Gasteiger partial charge in [0.2, 0.25) is 5.78 Å². The van der Waals surface area contributed by atoms with Crippen molar-refractivity contribution >= 4 is 5.78 Å². The molecule has 1 heterocycles. The zero-order valence-corrected chi connectivity index (χ0v) is 15.2. The Bertz CT molecular complexity index is 471. The lowest BCUT2D eigenvalue weighted by Gasteiger charge is -2.20. The van der Waals surface area contributed by atoms with Gasteiger partial charge in [-0.05, 0) is 50.0 Å². The van der Waals surface area contributed by atoms with Crippen LogP contribution < -0.4 is 0 Å². The minimum atomic E-state index is -1.71. The lowest BCUT2D eigenvalue weighted by molar-refractivity contribution is -0.169. The van der Waals surface area contributed by atoms with Crippen molar-refractivity contribution in [3.63, 3.8) is 0 Å². The first-order chi connectivity index (χ1) is 10.1. The molecule has 0 aliphatic carbocycles. The van der Waals surface area contributed by atoms with E-state index in [0.717, 1.165) is 17.9 Å². The largest absolute Gasteiger partial charge is 0.454 e. The number of carbonyl (C=O) groups is 1. The van der Waals surface area contributed by atoms with Crippen LogP contribution in [0.1, 0.15) is 67.7 Å². The van der Waals surface area contributed by atoms with Gasteiger partial charge in [0.1, 0.15) is 5.76 Å². The Kier molecular flexibility index (Phi) is 6.42. The predicted molar refractivity (Wildman–Crippen MR) is 90.2 cm³/mol. The normalized spacial score (nSPS) is 26.9. The maximum Gasteiger partial charge on any atom is 0.269 e. The number of Topliss-reactive ketones (excluding diaryl/α,β-unsaturated/α-hetero) is 1. The van der Waals surface area contributed by atoms with E-state index in [9.17, 15) is 9.90 Å². The summed E-state index contributed by atoms with van der Waals surface area (Å²) < 4.78 is 5.44. The van der Waals surface area contributed by atoms with E-state index < -0.39 is 5.79 Å². The predicted octanol–water partition coefficient (Wildman–Crippen LogP) is 4.61. The van der Waals surface area contributed by atoms with E-state index in [2.05, 4.69) is 33.8 Å². The Hall–Kier alpha value is -1.09. The van der Waals surface area contributed by atoms with E-state index in [4.69, 9.17) is 4.74 Å². The molecule has 0 bridgehead atoms. The van der Waals surface area contributed by atoms with Crippen LogP contribution in [0.2, 0.25) is 0 Å². The number of aliphatic hydroxyl groups is 1. The number of allylic oxidation sites excluding steroid dienone is 2. The minimum absolute atomic E-state index is 0.340. The molecule has 3 heteroatoms. The second-order valence-corrected chi connectivity index (χ2v) is 7.29. The van der Waals surface area contributed by atoms with Gasteiger partial charge in [-0.15, -0.1) is 0 Å². The number of hydrogen-bond acceptors (Lipinski definition) is 3. The third kappa shape index (κ3) is 4.70. The molecule has 1 aliphatic heterocycles. The summed E-state index contributed by atoms with van der Waals surface area (Å²) in [5.41, 5.74) is 1.45. The van der Waals surface area contributed by atoms with E-state index in [1.54, 1.807) is 6.92 Å². The maximum atomic E-state index is 11.9. The Balaban J connectivity index is 2.71. The second-order valence-electron chi connectivity index (χ2n) is 7.29. The smallest absolute Gasteiger partial charge is 0.269 e. The van der Waals surface area contributed by atoms with E-state index >= 15 is 0 Å². The van der Waals surface area contributed by atoms with Crippen molar-refractivity contribution in [2.75, 3.05) is 0 Å². The lowest BCUT2D eigenvalue weighted by atomic mass is 9.88. The van der Waals surface area contributed by atoms with Gasteiger partial charge in [0.25, 0.3) is 5.79 Å². The molecule has 0 aromatic heterocycles. The maximum absolute atomic E-state index is 11.9. The highest BCUT2D eigenvalue weighted by Crippen LogP contribution is 2.33. The SMILES string of the molecule is CC[C@H](C)C[C@@H](C)C[C@H](C)/C=C(\C)C1=C(C)C(=O)[C@](C)(O)O1. The molecule has 0 amide bonds. The summed E-state index contributed by atoms with van der Waals surface area (Å²) in [5.74, 6) is 0.358. The minimum Gasteiger partial charge on any atom is -0.454 e. The summed E-state index contributed by atoms with van der Waals surface area (Å²) in [4.78, 5) is 11.9. The van der Waals surface area contributed by atoms with E-state index in [-0.39, 0.29) is 5.78 Å². The monoisotopic (exact) mass is 308 g/mol. The molecule has 0 spiro atoms. The molecule has 0 aromatic carbocycles. The van der Waals surface area contributed by atoms with Crippen LogP contribution in [0, 0.1) is 17.8 Å². The second kappa shape index (κ2) is 7.45. The highest BCUT2D eigenvalue weighted by atomic mass is 16.6. The van der Waals surface area contributed by atoms with Gasteiger partial charge in [0.05, 0.1) is 0 Å². The average Bonchev–Trinajstić information content (AvgIpc) is 2.61. The van der Waals surface area contributed by atoms with Crippen LogP contribution in [0.3, 0.4) is 0 Å². The van der Waals surface area contributed by atoms with Crippen molar-refractivity contribution in [2.45, 2.75) is 73.5 Å². The highest BCUT2D eigenvalue weighted by Gasteiger charge is 2.42. The van der Waals surface area contributed by atoms with Gasteiger partial charge < -0.3 is 9.84 Å². The summed E-state index contributed by atoms with van der Waals surface area (Å²) in [7, 11) is 0. The molecule has 1 aliphatic rings. The number of ketones is 1. The van der Waals surface area contributed by atoms with Gasteiger partial charge in [-0.25, -0.2) is 0 Å². The molecule has 3 nitrogen and oxygen atoms in total. The van der Waals surface area contributed by atoms with Crippen molar-refractivity contribution in [2.24, 2.45) is 17.8 Å². The topological polar surface area (TPSA) is 46.5 Å². The fourth-order valence-corrected chi connectivity index (χ4v) is 3.30. The molecular formula is C19H32O3. The quantitative estimate of drug-likeness (QED) is 0.747. The fourth-order valence-electron chi connectivity index (χ4n) is 3.30. The van der Waals surface area contributed by atoms with Crippen LogP contribution in [-0.4, -0.2) is 16.7 Å². The van der Waals surface area contributed by atoms with Crippen molar-refractivity contribution in [1.29, 1.82) is 0 Å². The van der Waals surface area contributed by atoms with E-state index in [0.29, 0.717) is 23.2 Å². The zero-order chi connectivity index (χ0) is 17.1. The third-order valence-electron chi connectivity index (χ3n) is 4.57. The molecule has 0 aromatic rings. The lowest BCUT2D eigenvalue weighted by Crippen LogP contribution is -2.32. The van der Waals surface area contributed by atoms with Crippen LogP contribution in [0.25, 0.3) is 0 Å². The van der Waals surface area contributed by atoms with Crippen molar-refractivity contribution in [3.8, 4) is 0 Å². The summed E-state index contributed by atoms with van der Waals surface area (Å²) in [6, 6.07) is 0. The van der Waals surface area contributed by atoms with Crippen LogP contribution >= 0.6 is 0 Å². The average molecular weight is 308 g/mol. The molecule has 0 fully saturated rings. The Labute approximate surface area is 135 Å². The summed E-state index contributed by atoms with van der Waals surface area (Å²) in [5, 5.41) is 9.92. The fraction of sp³-hybridized carbons (Fsp3) is 0.737. The summed E-state index contributed by atoms with van der Waals surface area (Å²) >= 11 is 0. The van der Waals surface area contributed by atoms with E-state index in [1.807, 2.05) is 6.92 Å². The Morgan fingerprint density at radius 1 is 1.27 bits per heavy atom. The third-order valence-corrected chi connectivity index (χ3v) is 4.57. The molecule has 126 valence electrons. The number of carbonyl (C=O) groups excluding carboxylic acids is 1. The van der Waals surface area contributed by atoms with Gasteiger partial charge in [0.15, 0.2) is 0 Å². The molecule has 1 rings (SSSR count). The first-order valence-electron chi connectivity index (χ1n) is 8.44. The van der Waals surface area contributed by atoms with Gasteiger partial charge in [0, 0.05) is 12.5 Å². The van der Waals surface area contributed by atoms with Crippen LogP contribution in [-0.2, 0) is 9.53 Å². The van der Waals surface area contributed by atoms with Crippen molar-refractivity contribution < 1.29 is 14.6 Å². The molecule has 0 saturated heterocycles. The molecule has 0 unspecified atom stereocenters. The summed E-state index contributed by atoms with van der Waals surface area (Å²) in [6.45, 7) is 14.1. The van der Waals surface area contributed by atoms with Gasteiger partial charge in [-0.3, -0.25) is 4.79 Å². The van der Waals surface area contributed by atoms with E-state index in [1.165, 1.54) is 19.8 Å². The molecular weight excluding hydrogens is 276 g/mol. The highest BCUT2D eigenvalue weighted by molar-refractivity contribution is 6.03.